The van der Waals surface area contributed by atoms with E-state index in [1.807, 2.05) is 13.8 Å². The minimum Gasteiger partial charge on any atom is -0.491 e. The van der Waals surface area contributed by atoms with E-state index in [-0.39, 0.29) is 18.3 Å². The van der Waals surface area contributed by atoms with E-state index in [0.29, 0.717) is 28.5 Å². The Morgan fingerprint density at radius 2 is 1.78 bits per heavy atom. The van der Waals surface area contributed by atoms with Crippen molar-refractivity contribution >= 4 is 17.0 Å². The minimum absolute atomic E-state index is 0.145. The fraction of sp³-hybridized carbons (Fsp3) is 0.444. The lowest BCUT2D eigenvalue weighted by atomic mass is 9.91. The van der Waals surface area contributed by atoms with Crippen LogP contribution in [-0.2, 0) is 10.9 Å². The van der Waals surface area contributed by atoms with Gasteiger partial charge in [0.15, 0.2) is 0 Å². The monoisotopic (exact) mass is 503 g/mol. The number of benzene rings is 1. The lowest BCUT2D eigenvalue weighted by Crippen LogP contribution is -2.52. The van der Waals surface area contributed by atoms with Gasteiger partial charge in [-0.1, -0.05) is 19.9 Å². The fourth-order valence-corrected chi connectivity index (χ4v) is 4.12. The summed E-state index contributed by atoms with van der Waals surface area (Å²) in [6.07, 6.45) is -0.124. The summed E-state index contributed by atoms with van der Waals surface area (Å²) in [5.41, 5.74) is -0.985. The molecule has 194 valence electrons. The molecular weight excluding hydrogens is 471 g/mol. The zero-order chi connectivity index (χ0) is 26.7. The summed E-state index contributed by atoms with van der Waals surface area (Å²) in [6.45, 7) is 10.7. The number of ether oxygens (including phenoxy) is 2. The van der Waals surface area contributed by atoms with Gasteiger partial charge in [-0.05, 0) is 75.4 Å². The van der Waals surface area contributed by atoms with Crippen molar-refractivity contribution in [3.05, 3.63) is 54.5 Å². The van der Waals surface area contributed by atoms with Crippen LogP contribution in [0.3, 0.4) is 0 Å². The third-order valence-corrected chi connectivity index (χ3v) is 5.35. The van der Waals surface area contributed by atoms with Crippen LogP contribution in [0.4, 0.5) is 18.0 Å². The summed E-state index contributed by atoms with van der Waals surface area (Å²) in [4.78, 5) is 20.8. The Kier molecular flexibility index (Phi) is 7.81. The molecule has 9 heteroatoms. The van der Waals surface area contributed by atoms with Gasteiger partial charge < -0.3 is 14.8 Å². The van der Waals surface area contributed by atoms with Gasteiger partial charge in [-0.15, -0.1) is 0 Å². The van der Waals surface area contributed by atoms with Gasteiger partial charge in [-0.25, -0.2) is 4.79 Å². The SMILES string of the molecule is CC(C)CC(C)(COc1ccc(-c2ccnc3ccncc23)cc1C(F)(F)F)NC(=O)OC(C)(C)C. The molecule has 0 fully saturated rings. The molecule has 3 aromatic rings. The van der Waals surface area contributed by atoms with Crippen molar-refractivity contribution in [1.82, 2.24) is 15.3 Å². The molecule has 0 saturated carbocycles. The number of hydrogen-bond acceptors (Lipinski definition) is 5. The number of pyridine rings is 2. The maximum Gasteiger partial charge on any atom is 0.419 e. The van der Waals surface area contributed by atoms with E-state index in [0.717, 1.165) is 6.07 Å². The topological polar surface area (TPSA) is 73.3 Å². The van der Waals surface area contributed by atoms with E-state index in [9.17, 15) is 18.0 Å². The summed E-state index contributed by atoms with van der Waals surface area (Å²) in [5, 5.41) is 3.43. The Hall–Kier alpha value is -3.36. The van der Waals surface area contributed by atoms with Crippen molar-refractivity contribution in [3.63, 3.8) is 0 Å². The maximum atomic E-state index is 14.1. The highest BCUT2D eigenvalue weighted by molar-refractivity contribution is 5.93. The van der Waals surface area contributed by atoms with Gasteiger partial charge in [0.2, 0.25) is 0 Å². The Morgan fingerprint density at radius 3 is 2.42 bits per heavy atom. The lowest BCUT2D eigenvalue weighted by molar-refractivity contribution is -0.139. The summed E-state index contributed by atoms with van der Waals surface area (Å²) in [7, 11) is 0. The van der Waals surface area contributed by atoms with Crippen LogP contribution in [0.5, 0.6) is 5.75 Å². The average Bonchev–Trinajstić information content (AvgIpc) is 2.74. The second-order valence-electron chi connectivity index (χ2n) is 10.5. The van der Waals surface area contributed by atoms with Gasteiger partial charge in [0, 0.05) is 24.0 Å². The van der Waals surface area contributed by atoms with Crippen molar-refractivity contribution in [2.45, 2.75) is 65.3 Å². The van der Waals surface area contributed by atoms with E-state index < -0.39 is 29.0 Å². The second kappa shape index (κ2) is 10.3. The normalized spacial score (nSPS) is 13.9. The molecular formula is C27H32F3N3O3. The molecule has 1 atom stereocenters. The van der Waals surface area contributed by atoms with Crippen LogP contribution < -0.4 is 10.1 Å². The average molecular weight is 504 g/mol. The number of nitrogens with one attached hydrogen (secondary N) is 1. The highest BCUT2D eigenvalue weighted by atomic mass is 19.4. The van der Waals surface area contributed by atoms with E-state index in [1.54, 1.807) is 64.5 Å². The van der Waals surface area contributed by atoms with Gasteiger partial charge in [0.05, 0.1) is 16.6 Å². The fourth-order valence-electron chi connectivity index (χ4n) is 4.12. The van der Waals surface area contributed by atoms with E-state index in [4.69, 9.17) is 9.47 Å². The maximum absolute atomic E-state index is 14.1. The third-order valence-electron chi connectivity index (χ3n) is 5.35. The number of amides is 1. The first-order chi connectivity index (χ1) is 16.7. The van der Waals surface area contributed by atoms with Crippen LogP contribution in [0.1, 0.15) is 53.5 Å². The summed E-state index contributed by atoms with van der Waals surface area (Å²) >= 11 is 0. The molecule has 2 heterocycles. The number of carbonyl (C=O) groups is 1. The molecule has 0 aliphatic rings. The Morgan fingerprint density at radius 1 is 1.06 bits per heavy atom. The molecule has 0 bridgehead atoms. The molecule has 0 aliphatic heterocycles. The molecule has 36 heavy (non-hydrogen) atoms. The molecule has 6 nitrogen and oxygen atoms in total. The number of alkyl carbamates (subject to hydrolysis) is 1. The molecule has 0 radical (unpaired) electrons. The predicted octanol–water partition coefficient (Wildman–Crippen LogP) is 7.02. The van der Waals surface area contributed by atoms with Gasteiger partial charge in [0.1, 0.15) is 18.0 Å². The summed E-state index contributed by atoms with van der Waals surface area (Å²) in [6, 6.07) is 7.31. The molecule has 0 saturated heterocycles. The molecule has 0 aliphatic carbocycles. The van der Waals surface area contributed by atoms with Crippen LogP contribution in [0.2, 0.25) is 0 Å². The highest BCUT2D eigenvalue weighted by Gasteiger charge is 2.37. The quantitative estimate of drug-likeness (QED) is 0.375. The summed E-state index contributed by atoms with van der Waals surface area (Å²) in [5.74, 6) is -0.171. The predicted molar refractivity (Wildman–Crippen MR) is 133 cm³/mol. The zero-order valence-corrected chi connectivity index (χ0v) is 21.4. The van der Waals surface area contributed by atoms with Crippen LogP contribution in [0, 0.1) is 5.92 Å². The number of hydrogen-bond donors (Lipinski definition) is 1. The minimum atomic E-state index is -4.65. The number of halogens is 3. The number of rotatable bonds is 7. The smallest absolute Gasteiger partial charge is 0.419 e. The summed E-state index contributed by atoms with van der Waals surface area (Å²) < 4.78 is 53.3. The standard InChI is InChI=1S/C27H32F3N3O3/c1-17(2)14-26(6,33-24(34)36-25(3,4)5)16-35-23-8-7-18(13-21(23)27(28,29)30)19-9-12-32-22-10-11-31-15-20(19)22/h7-13,15,17H,14,16H2,1-6H3,(H,33,34). The molecule has 1 amide bonds. The molecule has 1 N–H and O–H groups in total. The van der Waals surface area contributed by atoms with Gasteiger partial charge in [-0.2, -0.15) is 13.2 Å². The molecule has 1 unspecified atom stereocenters. The lowest BCUT2D eigenvalue weighted by Gasteiger charge is -2.33. The first-order valence-electron chi connectivity index (χ1n) is 11.7. The van der Waals surface area contributed by atoms with Crippen molar-refractivity contribution in [2.75, 3.05) is 6.61 Å². The molecule has 2 aromatic heterocycles. The second-order valence-corrected chi connectivity index (χ2v) is 10.5. The van der Waals surface area contributed by atoms with Crippen molar-refractivity contribution in [2.24, 2.45) is 5.92 Å². The number of alkyl halides is 3. The van der Waals surface area contributed by atoms with Crippen LogP contribution in [0.25, 0.3) is 22.0 Å². The number of aromatic nitrogens is 2. The van der Waals surface area contributed by atoms with Crippen LogP contribution >= 0.6 is 0 Å². The first kappa shape index (κ1) is 27.2. The Labute approximate surface area is 209 Å². The molecule has 3 rings (SSSR count). The number of carbonyl (C=O) groups excluding carboxylic acids is 1. The van der Waals surface area contributed by atoms with Crippen LogP contribution in [0.15, 0.2) is 48.9 Å². The highest BCUT2D eigenvalue weighted by Crippen LogP contribution is 2.40. The number of fused-ring (bicyclic) bond motifs is 1. The van der Waals surface area contributed by atoms with Gasteiger partial charge >= 0.3 is 12.3 Å². The van der Waals surface area contributed by atoms with E-state index in [1.165, 1.54) is 6.07 Å². The van der Waals surface area contributed by atoms with E-state index in [2.05, 4.69) is 15.3 Å². The molecule has 1 aromatic carbocycles. The van der Waals surface area contributed by atoms with Gasteiger partial charge in [-0.3, -0.25) is 9.97 Å². The number of nitrogens with zero attached hydrogens (tertiary/aromatic N) is 2. The van der Waals surface area contributed by atoms with Crippen molar-refractivity contribution in [3.8, 4) is 16.9 Å². The van der Waals surface area contributed by atoms with E-state index >= 15 is 0 Å². The Bertz CT molecular complexity index is 1220. The largest absolute Gasteiger partial charge is 0.491 e. The zero-order valence-electron chi connectivity index (χ0n) is 21.4. The van der Waals surface area contributed by atoms with Gasteiger partial charge in [0.25, 0.3) is 0 Å². The van der Waals surface area contributed by atoms with Crippen molar-refractivity contribution < 1.29 is 27.4 Å². The van der Waals surface area contributed by atoms with Crippen molar-refractivity contribution in [1.29, 1.82) is 0 Å². The van der Waals surface area contributed by atoms with Crippen LogP contribution in [-0.4, -0.2) is 33.8 Å². The third kappa shape index (κ3) is 7.08. The Balaban J connectivity index is 1.92. The molecule has 0 spiro atoms. The first-order valence-corrected chi connectivity index (χ1v) is 11.7.